The van der Waals surface area contributed by atoms with E-state index in [1.54, 1.807) is 12.4 Å². The number of amides is 1. The number of halogens is 3. The van der Waals surface area contributed by atoms with Crippen molar-refractivity contribution in [3.8, 4) is 10.4 Å². The lowest BCUT2D eigenvalue weighted by Gasteiger charge is -2.12. The van der Waals surface area contributed by atoms with E-state index in [0.717, 1.165) is 22.1 Å². The highest BCUT2D eigenvalue weighted by atomic mass is 32.1. The summed E-state index contributed by atoms with van der Waals surface area (Å²) in [6.45, 7) is 0.398. The summed E-state index contributed by atoms with van der Waals surface area (Å²) < 4.78 is 37.7. The Kier molecular flexibility index (Phi) is 5.39. The van der Waals surface area contributed by atoms with Gasteiger partial charge in [-0.3, -0.25) is 9.78 Å². The van der Waals surface area contributed by atoms with Crippen LogP contribution in [0.25, 0.3) is 10.4 Å². The fourth-order valence-electron chi connectivity index (χ4n) is 3.04. The van der Waals surface area contributed by atoms with Crippen LogP contribution < -0.4 is 16.4 Å². The van der Waals surface area contributed by atoms with E-state index in [9.17, 15) is 18.0 Å². The fraction of sp³-hybridized carbons (Fsp3) is 0.263. The SMILES string of the molecule is N[C@H](CNc1ncc(-c2cnc3c(c2)CC(=O)N3)s1)Cc1ccc(C(F)(F)F)nc1. The molecule has 4 N–H and O–H groups in total. The zero-order chi connectivity index (χ0) is 21.3. The number of hydrogen-bond acceptors (Lipinski definition) is 7. The molecular weight excluding hydrogens is 417 g/mol. The average Bonchev–Trinajstić information content (AvgIpc) is 3.31. The number of carbonyl (C=O) groups excluding carboxylic acids is 1. The summed E-state index contributed by atoms with van der Waals surface area (Å²) in [5.41, 5.74) is 7.52. The maximum atomic E-state index is 12.6. The molecule has 1 amide bonds. The Balaban J connectivity index is 1.33. The molecule has 1 atom stereocenters. The molecule has 0 aromatic carbocycles. The summed E-state index contributed by atoms with van der Waals surface area (Å²) in [5, 5.41) is 6.51. The van der Waals surface area contributed by atoms with Crippen molar-refractivity contribution < 1.29 is 18.0 Å². The van der Waals surface area contributed by atoms with E-state index in [1.807, 2.05) is 6.07 Å². The lowest BCUT2D eigenvalue weighted by Crippen LogP contribution is -2.31. The molecule has 4 rings (SSSR count). The molecule has 0 fully saturated rings. The second-order valence-electron chi connectivity index (χ2n) is 6.88. The third kappa shape index (κ3) is 4.57. The Labute approximate surface area is 173 Å². The number of fused-ring (bicyclic) bond motifs is 1. The molecule has 1 aliphatic heterocycles. The summed E-state index contributed by atoms with van der Waals surface area (Å²) in [6.07, 6.45) is 0.840. The summed E-state index contributed by atoms with van der Waals surface area (Å²) >= 11 is 1.42. The Hall–Kier alpha value is -3.05. The number of alkyl halides is 3. The van der Waals surface area contributed by atoms with E-state index in [2.05, 4.69) is 25.6 Å². The van der Waals surface area contributed by atoms with Crippen molar-refractivity contribution in [2.75, 3.05) is 17.2 Å². The zero-order valence-corrected chi connectivity index (χ0v) is 16.3. The molecule has 0 spiro atoms. The Morgan fingerprint density at radius 3 is 2.77 bits per heavy atom. The number of carbonyl (C=O) groups is 1. The second kappa shape index (κ2) is 8.00. The van der Waals surface area contributed by atoms with Crippen LogP contribution in [0.5, 0.6) is 0 Å². The highest BCUT2D eigenvalue weighted by Crippen LogP contribution is 2.32. The number of aromatic nitrogens is 3. The molecule has 0 unspecified atom stereocenters. The van der Waals surface area contributed by atoms with Crippen LogP contribution in [0.1, 0.15) is 16.8 Å². The van der Waals surface area contributed by atoms with Gasteiger partial charge in [-0.25, -0.2) is 9.97 Å². The van der Waals surface area contributed by atoms with Crippen molar-refractivity contribution in [3.63, 3.8) is 0 Å². The van der Waals surface area contributed by atoms with Crippen LogP contribution >= 0.6 is 11.3 Å². The maximum Gasteiger partial charge on any atom is 0.433 e. The number of anilines is 2. The van der Waals surface area contributed by atoms with Crippen LogP contribution in [0.15, 0.2) is 36.8 Å². The van der Waals surface area contributed by atoms with Crippen molar-refractivity contribution in [1.82, 2.24) is 15.0 Å². The topological polar surface area (TPSA) is 106 Å². The number of thiazole rings is 1. The summed E-state index contributed by atoms with van der Waals surface area (Å²) in [4.78, 5) is 24.4. The van der Waals surface area contributed by atoms with E-state index in [4.69, 9.17) is 5.73 Å². The second-order valence-corrected chi connectivity index (χ2v) is 7.91. The third-order valence-electron chi connectivity index (χ3n) is 4.49. The van der Waals surface area contributed by atoms with Crippen molar-refractivity contribution >= 4 is 28.2 Å². The van der Waals surface area contributed by atoms with E-state index < -0.39 is 11.9 Å². The molecule has 0 saturated heterocycles. The van der Waals surface area contributed by atoms with Gasteiger partial charge in [0, 0.05) is 42.3 Å². The van der Waals surface area contributed by atoms with Crippen LogP contribution in [-0.2, 0) is 23.8 Å². The molecule has 0 bridgehead atoms. The van der Waals surface area contributed by atoms with Gasteiger partial charge in [-0.1, -0.05) is 17.4 Å². The molecule has 1 aliphatic rings. The number of nitrogens with zero attached hydrogens (tertiary/aromatic N) is 3. The van der Waals surface area contributed by atoms with E-state index >= 15 is 0 Å². The highest BCUT2D eigenvalue weighted by Gasteiger charge is 2.32. The minimum Gasteiger partial charge on any atom is -0.360 e. The third-order valence-corrected chi connectivity index (χ3v) is 5.50. The smallest absolute Gasteiger partial charge is 0.360 e. The van der Waals surface area contributed by atoms with Gasteiger partial charge in [0.25, 0.3) is 0 Å². The van der Waals surface area contributed by atoms with Crippen molar-refractivity contribution in [1.29, 1.82) is 0 Å². The van der Waals surface area contributed by atoms with Crippen molar-refractivity contribution in [2.45, 2.75) is 25.1 Å². The minimum atomic E-state index is -4.45. The molecule has 11 heteroatoms. The van der Waals surface area contributed by atoms with Crippen LogP contribution in [0.4, 0.5) is 24.1 Å². The van der Waals surface area contributed by atoms with E-state index in [1.165, 1.54) is 23.6 Å². The lowest BCUT2D eigenvalue weighted by atomic mass is 10.1. The van der Waals surface area contributed by atoms with E-state index in [-0.39, 0.29) is 11.9 Å². The minimum absolute atomic E-state index is 0.0708. The van der Waals surface area contributed by atoms with Gasteiger partial charge in [0.1, 0.15) is 11.5 Å². The summed E-state index contributed by atoms with van der Waals surface area (Å²) in [6, 6.07) is 3.93. The van der Waals surface area contributed by atoms with Crippen molar-refractivity contribution in [2.24, 2.45) is 5.73 Å². The number of hydrogen-bond donors (Lipinski definition) is 3. The van der Waals surface area contributed by atoms with Gasteiger partial charge in [-0.05, 0) is 24.1 Å². The number of pyridine rings is 2. The summed E-state index contributed by atoms with van der Waals surface area (Å²) in [5.74, 6) is 0.522. The zero-order valence-electron chi connectivity index (χ0n) is 15.5. The molecule has 0 saturated carbocycles. The van der Waals surface area contributed by atoms with Crippen LogP contribution in [0.2, 0.25) is 0 Å². The first-order valence-corrected chi connectivity index (χ1v) is 9.86. The number of nitrogens with one attached hydrogen (secondary N) is 2. The molecule has 156 valence electrons. The van der Waals surface area contributed by atoms with Crippen LogP contribution in [0.3, 0.4) is 0 Å². The van der Waals surface area contributed by atoms with Gasteiger partial charge in [-0.15, -0.1) is 0 Å². The molecule has 4 heterocycles. The predicted molar refractivity (Wildman–Crippen MR) is 107 cm³/mol. The molecule has 30 heavy (non-hydrogen) atoms. The largest absolute Gasteiger partial charge is 0.433 e. The van der Waals surface area contributed by atoms with Crippen LogP contribution in [0, 0.1) is 0 Å². The first kappa shape index (κ1) is 20.2. The Bertz CT molecular complexity index is 1070. The van der Waals surface area contributed by atoms with Gasteiger partial charge in [0.15, 0.2) is 5.13 Å². The normalized spacial score (nSPS) is 14.3. The standard InChI is InChI=1S/C19H17F3N6OS/c20-19(21,22)15-2-1-10(6-24-15)3-13(23)8-26-18-27-9-14(30-18)12-4-11-5-16(29)28-17(11)25-7-12/h1-2,4,6-7,9,13H,3,5,8,23H2,(H,26,27)(H,25,28,29)/t13-/m0/s1. The Morgan fingerprint density at radius 1 is 1.20 bits per heavy atom. The first-order chi connectivity index (χ1) is 14.3. The number of rotatable bonds is 6. The first-order valence-electron chi connectivity index (χ1n) is 9.04. The monoisotopic (exact) mass is 434 g/mol. The van der Waals surface area contributed by atoms with Crippen molar-refractivity contribution in [3.05, 3.63) is 53.6 Å². The molecule has 0 radical (unpaired) electrons. The van der Waals surface area contributed by atoms with Gasteiger partial charge in [-0.2, -0.15) is 13.2 Å². The van der Waals surface area contributed by atoms with Gasteiger partial charge < -0.3 is 16.4 Å². The lowest BCUT2D eigenvalue weighted by molar-refractivity contribution is -0.141. The molecule has 3 aromatic rings. The predicted octanol–water partition coefficient (Wildman–Crippen LogP) is 3.10. The average molecular weight is 434 g/mol. The molecule has 3 aromatic heterocycles. The Morgan fingerprint density at radius 2 is 2.03 bits per heavy atom. The van der Waals surface area contributed by atoms with Gasteiger partial charge in [0.2, 0.25) is 5.91 Å². The summed E-state index contributed by atoms with van der Waals surface area (Å²) in [7, 11) is 0. The fourth-order valence-corrected chi connectivity index (χ4v) is 3.84. The van der Waals surface area contributed by atoms with Gasteiger partial charge >= 0.3 is 6.18 Å². The van der Waals surface area contributed by atoms with Gasteiger partial charge in [0.05, 0.1) is 11.3 Å². The van der Waals surface area contributed by atoms with E-state index in [0.29, 0.717) is 35.9 Å². The highest BCUT2D eigenvalue weighted by molar-refractivity contribution is 7.18. The quantitative estimate of drug-likeness (QED) is 0.551. The van der Waals surface area contributed by atoms with Crippen LogP contribution in [-0.4, -0.2) is 33.4 Å². The molecule has 0 aliphatic carbocycles. The molecular formula is C19H17F3N6OS. The molecule has 7 nitrogen and oxygen atoms in total. The number of nitrogens with two attached hydrogens (primary N) is 1. The maximum absolute atomic E-state index is 12.6.